The van der Waals surface area contributed by atoms with Crippen molar-refractivity contribution in [1.29, 1.82) is 0 Å². The SMILES string of the molecule is Cc1nn(CC(O)CO)c(C)c1CN. The van der Waals surface area contributed by atoms with Crippen LogP contribution >= 0.6 is 0 Å². The average molecular weight is 199 g/mol. The molecule has 0 fully saturated rings. The summed E-state index contributed by atoms with van der Waals surface area (Å²) in [6.45, 7) is 4.30. The molecule has 4 N–H and O–H groups in total. The molecule has 0 saturated carbocycles. The molecule has 80 valence electrons. The fraction of sp³-hybridized carbons (Fsp3) is 0.667. The molecule has 0 amide bonds. The number of aryl methyl sites for hydroxylation is 1. The molecule has 0 saturated heterocycles. The predicted octanol–water partition coefficient (Wildman–Crippen LogP) is -0.688. The Morgan fingerprint density at radius 3 is 2.57 bits per heavy atom. The van der Waals surface area contributed by atoms with Gasteiger partial charge in [-0.05, 0) is 13.8 Å². The third-order valence-corrected chi connectivity index (χ3v) is 2.33. The summed E-state index contributed by atoms with van der Waals surface area (Å²) in [5.74, 6) is 0. The van der Waals surface area contributed by atoms with Crippen LogP contribution in [0.2, 0.25) is 0 Å². The van der Waals surface area contributed by atoms with E-state index >= 15 is 0 Å². The van der Waals surface area contributed by atoms with Gasteiger partial charge in [0.1, 0.15) is 0 Å². The summed E-state index contributed by atoms with van der Waals surface area (Å²) in [5, 5.41) is 22.2. The van der Waals surface area contributed by atoms with E-state index in [2.05, 4.69) is 5.10 Å². The van der Waals surface area contributed by atoms with Crippen LogP contribution in [0.25, 0.3) is 0 Å². The van der Waals surface area contributed by atoms with Crippen molar-refractivity contribution < 1.29 is 10.2 Å². The fourth-order valence-corrected chi connectivity index (χ4v) is 1.46. The van der Waals surface area contributed by atoms with E-state index in [0.717, 1.165) is 17.0 Å². The molecule has 0 aliphatic rings. The van der Waals surface area contributed by atoms with Crippen molar-refractivity contribution >= 4 is 0 Å². The largest absolute Gasteiger partial charge is 0.394 e. The van der Waals surface area contributed by atoms with Crippen LogP contribution in [0.4, 0.5) is 0 Å². The Kier molecular flexibility index (Phi) is 3.62. The predicted molar refractivity (Wildman–Crippen MR) is 52.7 cm³/mol. The fourth-order valence-electron chi connectivity index (χ4n) is 1.46. The van der Waals surface area contributed by atoms with Gasteiger partial charge in [0.15, 0.2) is 0 Å². The number of hydrogen-bond acceptors (Lipinski definition) is 4. The summed E-state index contributed by atoms with van der Waals surface area (Å²) in [7, 11) is 0. The maximum atomic E-state index is 9.27. The average Bonchev–Trinajstić information content (AvgIpc) is 2.42. The van der Waals surface area contributed by atoms with Crippen LogP contribution in [0, 0.1) is 13.8 Å². The zero-order valence-corrected chi connectivity index (χ0v) is 8.56. The molecule has 5 heteroatoms. The number of rotatable bonds is 4. The summed E-state index contributed by atoms with van der Waals surface area (Å²) >= 11 is 0. The Morgan fingerprint density at radius 1 is 1.50 bits per heavy atom. The third kappa shape index (κ3) is 2.12. The van der Waals surface area contributed by atoms with E-state index in [-0.39, 0.29) is 6.61 Å². The maximum absolute atomic E-state index is 9.27. The molecule has 1 aromatic heterocycles. The monoisotopic (exact) mass is 199 g/mol. The van der Waals surface area contributed by atoms with Crippen LogP contribution in [0.1, 0.15) is 17.0 Å². The lowest BCUT2D eigenvalue weighted by molar-refractivity contribution is 0.0776. The van der Waals surface area contributed by atoms with Crippen LogP contribution in [0.15, 0.2) is 0 Å². The molecule has 0 aromatic carbocycles. The second-order valence-corrected chi connectivity index (χ2v) is 3.37. The van der Waals surface area contributed by atoms with E-state index in [1.54, 1.807) is 4.68 Å². The second-order valence-electron chi connectivity index (χ2n) is 3.37. The highest BCUT2D eigenvalue weighted by Gasteiger charge is 2.12. The third-order valence-electron chi connectivity index (χ3n) is 2.33. The molecular weight excluding hydrogens is 182 g/mol. The van der Waals surface area contributed by atoms with Crippen LogP contribution in [0.5, 0.6) is 0 Å². The van der Waals surface area contributed by atoms with Gasteiger partial charge in [0.25, 0.3) is 0 Å². The second kappa shape index (κ2) is 4.54. The van der Waals surface area contributed by atoms with Gasteiger partial charge in [0.2, 0.25) is 0 Å². The molecule has 1 atom stereocenters. The molecule has 1 unspecified atom stereocenters. The van der Waals surface area contributed by atoms with Crippen molar-refractivity contribution in [3.63, 3.8) is 0 Å². The van der Waals surface area contributed by atoms with E-state index in [0.29, 0.717) is 13.1 Å². The Morgan fingerprint density at radius 2 is 2.14 bits per heavy atom. The van der Waals surface area contributed by atoms with Gasteiger partial charge in [-0.2, -0.15) is 5.10 Å². The molecule has 1 aromatic rings. The van der Waals surface area contributed by atoms with Gasteiger partial charge >= 0.3 is 0 Å². The van der Waals surface area contributed by atoms with Crippen molar-refractivity contribution in [2.24, 2.45) is 5.73 Å². The molecule has 0 bridgehead atoms. The van der Waals surface area contributed by atoms with Gasteiger partial charge in [-0.3, -0.25) is 4.68 Å². The quantitative estimate of drug-likeness (QED) is 0.599. The van der Waals surface area contributed by atoms with Gasteiger partial charge in [-0.15, -0.1) is 0 Å². The van der Waals surface area contributed by atoms with Crippen LogP contribution in [0.3, 0.4) is 0 Å². The Bertz CT molecular complexity index is 309. The molecule has 0 radical (unpaired) electrons. The molecule has 0 spiro atoms. The van der Waals surface area contributed by atoms with Gasteiger partial charge in [-0.1, -0.05) is 0 Å². The minimum atomic E-state index is -0.765. The first-order valence-electron chi connectivity index (χ1n) is 4.62. The number of aliphatic hydroxyl groups is 2. The highest BCUT2D eigenvalue weighted by Crippen LogP contribution is 2.12. The minimum Gasteiger partial charge on any atom is -0.394 e. The van der Waals surface area contributed by atoms with Crippen molar-refractivity contribution in [3.8, 4) is 0 Å². The molecule has 14 heavy (non-hydrogen) atoms. The lowest BCUT2D eigenvalue weighted by Gasteiger charge is -2.08. The number of aliphatic hydroxyl groups excluding tert-OH is 2. The van der Waals surface area contributed by atoms with E-state index in [1.165, 1.54) is 0 Å². The molecule has 1 heterocycles. The number of aromatic nitrogens is 2. The van der Waals surface area contributed by atoms with E-state index in [1.807, 2.05) is 13.8 Å². The lowest BCUT2D eigenvalue weighted by atomic mass is 10.2. The van der Waals surface area contributed by atoms with Gasteiger partial charge in [0, 0.05) is 17.8 Å². The van der Waals surface area contributed by atoms with Crippen molar-refractivity contribution in [1.82, 2.24) is 9.78 Å². The highest BCUT2D eigenvalue weighted by molar-refractivity contribution is 5.23. The van der Waals surface area contributed by atoms with Crippen LogP contribution in [-0.4, -0.2) is 32.7 Å². The van der Waals surface area contributed by atoms with Crippen molar-refractivity contribution in [3.05, 3.63) is 17.0 Å². The van der Waals surface area contributed by atoms with Gasteiger partial charge < -0.3 is 15.9 Å². The summed E-state index contributed by atoms with van der Waals surface area (Å²) in [6.07, 6.45) is -0.765. The molecule has 1 rings (SSSR count). The summed E-state index contributed by atoms with van der Waals surface area (Å²) < 4.78 is 1.68. The molecular formula is C9H17N3O2. The summed E-state index contributed by atoms with van der Waals surface area (Å²) in [5.41, 5.74) is 8.41. The van der Waals surface area contributed by atoms with Crippen LogP contribution in [-0.2, 0) is 13.1 Å². The number of nitrogens with two attached hydrogens (primary N) is 1. The standard InChI is InChI=1S/C9H17N3O2/c1-6-9(3-10)7(2)12(11-6)4-8(14)5-13/h8,13-14H,3-5,10H2,1-2H3. The summed E-state index contributed by atoms with van der Waals surface area (Å²) in [4.78, 5) is 0. The first kappa shape index (κ1) is 11.2. The summed E-state index contributed by atoms with van der Waals surface area (Å²) in [6, 6.07) is 0. The highest BCUT2D eigenvalue weighted by atomic mass is 16.3. The zero-order valence-electron chi connectivity index (χ0n) is 8.56. The number of hydrogen-bond donors (Lipinski definition) is 3. The van der Waals surface area contributed by atoms with E-state index < -0.39 is 6.10 Å². The van der Waals surface area contributed by atoms with Gasteiger partial charge in [-0.25, -0.2) is 0 Å². The number of nitrogens with zero attached hydrogens (tertiary/aromatic N) is 2. The lowest BCUT2D eigenvalue weighted by Crippen LogP contribution is -2.21. The first-order chi connectivity index (χ1) is 6.60. The topological polar surface area (TPSA) is 84.3 Å². The van der Waals surface area contributed by atoms with Crippen molar-refractivity contribution in [2.45, 2.75) is 33.0 Å². The molecule has 0 aliphatic carbocycles. The first-order valence-corrected chi connectivity index (χ1v) is 4.62. The van der Waals surface area contributed by atoms with Crippen LogP contribution < -0.4 is 5.73 Å². The smallest absolute Gasteiger partial charge is 0.0966 e. The van der Waals surface area contributed by atoms with E-state index in [9.17, 15) is 5.11 Å². The molecule has 5 nitrogen and oxygen atoms in total. The minimum absolute atomic E-state index is 0.254. The Balaban J connectivity index is 2.88. The zero-order chi connectivity index (χ0) is 10.7. The normalized spacial score (nSPS) is 13.2. The molecule has 0 aliphatic heterocycles. The van der Waals surface area contributed by atoms with E-state index in [4.69, 9.17) is 10.8 Å². The van der Waals surface area contributed by atoms with Gasteiger partial charge in [0.05, 0.1) is 24.9 Å². The Labute approximate surface area is 83.2 Å². The Hall–Kier alpha value is -0.910. The van der Waals surface area contributed by atoms with Crippen molar-refractivity contribution in [2.75, 3.05) is 6.61 Å². The maximum Gasteiger partial charge on any atom is 0.0966 e.